The molecule has 2 heterocycles. The largest absolute Gasteiger partial charge is 0.378 e. The van der Waals surface area contributed by atoms with Crippen molar-refractivity contribution in [2.24, 2.45) is 7.05 Å². The fraction of sp³-hybridized carbons (Fsp3) is 0.769. The van der Waals surface area contributed by atoms with Gasteiger partial charge in [0.25, 0.3) is 6.43 Å². The minimum absolute atomic E-state index is 0.141. The van der Waals surface area contributed by atoms with Crippen molar-refractivity contribution in [2.75, 3.05) is 32.8 Å². The number of likely N-dealkylation sites (N-methyl/N-ethyl adjacent to an activating group) is 1. The summed E-state index contributed by atoms with van der Waals surface area (Å²) in [5.74, 6) is -0.214. The van der Waals surface area contributed by atoms with Gasteiger partial charge in [0, 0.05) is 26.3 Å². The molecule has 1 amide bonds. The van der Waals surface area contributed by atoms with Gasteiger partial charge < -0.3 is 9.64 Å². The topological polar surface area (TPSA) is 63.5 Å². The second kappa shape index (κ2) is 7.59. The highest BCUT2D eigenvalue weighted by Crippen LogP contribution is 2.14. The first kappa shape index (κ1) is 16.8. The molecule has 1 aromatic heterocycles. The molecule has 22 heavy (non-hydrogen) atoms. The Hall–Kier alpha value is -1.61. The Morgan fingerprint density at radius 2 is 2.36 bits per heavy atom. The molecule has 7 nitrogen and oxygen atoms in total. The Kier molecular flexibility index (Phi) is 5.78. The van der Waals surface area contributed by atoms with Crippen LogP contribution in [0, 0.1) is 0 Å². The SMILES string of the molecule is CCN(Cc1cn(C)nn1)C(=O)C1COCCN1CC(F)F. The number of nitrogens with zero attached hydrogens (tertiary/aromatic N) is 5. The maximum atomic E-state index is 12.7. The monoisotopic (exact) mass is 317 g/mol. The second-order valence-electron chi connectivity index (χ2n) is 5.21. The highest BCUT2D eigenvalue weighted by Gasteiger charge is 2.33. The molecular weight excluding hydrogens is 296 g/mol. The third kappa shape index (κ3) is 4.20. The summed E-state index contributed by atoms with van der Waals surface area (Å²) in [7, 11) is 1.74. The van der Waals surface area contributed by atoms with E-state index in [1.165, 1.54) is 4.90 Å². The number of hydrogen-bond acceptors (Lipinski definition) is 5. The molecule has 0 spiro atoms. The third-order valence-corrected chi connectivity index (χ3v) is 3.59. The Morgan fingerprint density at radius 1 is 1.59 bits per heavy atom. The first-order valence-corrected chi connectivity index (χ1v) is 7.25. The zero-order chi connectivity index (χ0) is 16.1. The van der Waals surface area contributed by atoms with Gasteiger partial charge in [-0.25, -0.2) is 8.78 Å². The summed E-state index contributed by atoms with van der Waals surface area (Å²) >= 11 is 0. The first-order valence-electron chi connectivity index (χ1n) is 7.25. The van der Waals surface area contributed by atoms with Gasteiger partial charge in [-0.05, 0) is 6.92 Å². The van der Waals surface area contributed by atoms with Crippen molar-refractivity contribution in [2.45, 2.75) is 25.9 Å². The van der Waals surface area contributed by atoms with Crippen molar-refractivity contribution in [3.63, 3.8) is 0 Å². The lowest BCUT2D eigenvalue weighted by Gasteiger charge is -2.36. The Balaban J connectivity index is 2.04. The summed E-state index contributed by atoms with van der Waals surface area (Å²) < 4.78 is 32.2. The van der Waals surface area contributed by atoms with E-state index in [-0.39, 0.29) is 12.5 Å². The lowest BCUT2D eigenvalue weighted by molar-refractivity contribution is -0.145. The molecule has 124 valence electrons. The fourth-order valence-corrected chi connectivity index (χ4v) is 2.48. The van der Waals surface area contributed by atoms with Crippen molar-refractivity contribution in [1.82, 2.24) is 24.8 Å². The molecule has 0 radical (unpaired) electrons. The van der Waals surface area contributed by atoms with Crippen molar-refractivity contribution in [3.05, 3.63) is 11.9 Å². The predicted octanol–water partition coefficient (Wildman–Crippen LogP) is 0.130. The van der Waals surface area contributed by atoms with Crippen molar-refractivity contribution < 1.29 is 18.3 Å². The fourth-order valence-electron chi connectivity index (χ4n) is 2.48. The van der Waals surface area contributed by atoms with E-state index in [2.05, 4.69) is 10.3 Å². The van der Waals surface area contributed by atoms with Crippen molar-refractivity contribution >= 4 is 5.91 Å². The van der Waals surface area contributed by atoms with Crippen LogP contribution in [-0.4, -0.2) is 76.0 Å². The van der Waals surface area contributed by atoms with E-state index in [4.69, 9.17) is 4.74 Å². The normalized spacial score (nSPS) is 19.6. The van der Waals surface area contributed by atoms with Crippen molar-refractivity contribution in [1.29, 1.82) is 0 Å². The van der Waals surface area contributed by atoms with Crippen LogP contribution in [0.4, 0.5) is 8.78 Å². The molecule has 1 atom stereocenters. The van der Waals surface area contributed by atoms with E-state index in [0.717, 1.165) is 0 Å². The molecule has 0 aliphatic carbocycles. The summed E-state index contributed by atoms with van der Waals surface area (Å²) in [6, 6.07) is -0.667. The van der Waals surface area contributed by atoms with Gasteiger partial charge in [0.2, 0.25) is 5.91 Å². The number of morpholine rings is 1. The number of rotatable bonds is 6. The van der Waals surface area contributed by atoms with Crippen LogP contribution >= 0.6 is 0 Å². The number of carbonyl (C=O) groups is 1. The Labute approximate surface area is 127 Å². The van der Waals surface area contributed by atoms with E-state index >= 15 is 0 Å². The van der Waals surface area contributed by atoms with Crippen LogP contribution in [0.3, 0.4) is 0 Å². The Bertz CT molecular complexity index is 497. The van der Waals surface area contributed by atoms with Crippen LogP contribution in [0.25, 0.3) is 0 Å². The molecule has 1 aliphatic rings. The first-order chi connectivity index (χ1) is 10.5. The summed E-state index contributed by atoms with van der Waals surface area (Å²) in [5, 5.41) is 7.78. The van der Waals surface area contributed by atoms with E-state index in [1.54, 1.807) is 22.8 Å². The van der Waals surface area contributed by atoms with Crippen molar-refractivity contribution in [3.8, 4) is 0 Å². The van der Waals surface area contributed by atoms with Crippen LogP contribution in [0.5, 0.6) is 0 Å². The van der Waals surface area contributed by atoms with E-state index < -0.39 is 19.0 Å². The third-order valence-electron chi connectivity index (χ3n) is 3.59. The van der Waals surface area contributed by atoms with Crippen LogP contribution < -0.4 is 0 Å². The summed E-state index contributed by atoms with van der Waals surface area (Å²) in [6.07, 6.45) is -0.743. The van der Waals surface area contributed by atoms with Gasteiger partial charge in [-0.2, -0.15) is 0 Å². The molecule has 0 saturated carbocycles. The summed E-state index contributed by atoms with van der Waals surface area (Å²) in [5.41, 5.74) is 0.662. The number of aryl methyl sites for hydroxylation is 1. The van der Waals surface area contributed by atoms with E-state index in [1.807, 2.05) is 6.92 Å². The number of carbonyl (C=O) groups excluding carboxylic acids is 1. The van der Waals surface area contributed by atoms with Gasteiger partial charge in [-0.3, -0.25) is 14.4 Å². The molecule has 1 fully saturated rings. The van der Waals surface area contributed by atoms with Crippen LogP contribution in [-0.2, 0) is 23.1 Å². The maximum Gasteiger partial charge on any atom is 0.251 e. The predicted molar refractivity (Wildman–Crippen MR) is 74.3 cm³/mol. The molecular formula is C13H21F2N5O2. The van der Waals surface area contributed by atoms with Gasteiger partial charge in [0.1, 0.15) is 11.7 Å². The van der Waals surface area contributed by atoms with E-state index in [0.29, 0.717) is 31.9 Å². The van der Waals surface area contributed by atoms with Gasteiger partial charge in [0.05, 0.1) is 26.3 Å². The summed E-state index contributed by atoms with van der Waals surface area (Å²) in [6.45, 7) is 3.05. The lowest BCUT2D eigenvalue weighted by Crippen LogP contribution is -2.55. The molecule has 0 N–H and O–H groups in total. The van der Waals surface area contributed by atoms with Gasteiger partial charge in [0.15, 0.2) is 0 Å². The number of halogens is 2. The van der Waals surface area contributed by atoms with Gasteiger partial charge >= 0.3 is 0 Å². The average Bonchev–Trinajstić information content (AvgIpc) is 2.89. The van der Waals surface area contributed by atoms with Crippen LogP contribution in [0.2, 0.25) is 0 Å². The molecule has 2 rings (SSSR count). The molecule has 1 aromatic rings. The van der Waals surface area contributed by atoms with Gasteiger partial charge in [-0.1, -0.05) is 5.21 Å². The molecule has 1 saturated heterocycles. The number of hydrogen-bond donors (Lipinski definition) is 0. The highest BCUT2D eigenvalue weighted by atomic mass is 19.3. The minimum Gasteiger partial charge on any atom is -0.378 e. The van der Waals surface area contributed by atoms with Crippen LogP contribution in [0.1, 0.15) is 12.6 Å². The molecule has 1 unspecified atom stereocenters. The zero-order valence-corrected chi connectivity index (χ0v) is 12.8. The summed E-state index contributed by atoms with van der Waals surface area (Å²) in [4.78, 5) is 15.7. The standard InChI is InChI=1S/C13H21F2N5O2/c1-3-19(7-10-6-18(2)17-16-10)13(21)11-9-22-5-4-20(11)8-12(14)15/h6,11-12H,3-5,7-9H2,1-2H3. The number of amides is 1. The minimum atomic E-state index is -2.47. The van der Waals surface area contributed by atoms with Gasteiger partial charge in [-0.15, -0.1) is 5.10 Å². The zero-order valence-electron chi connectivity index (χ0n) is 12.8. The average molecular weight is 317 g/mol. The molecule has 0 aromatic carbocycles. The Morgan fingerprint density at radius 3 is 2.95 bits per heavy atom. The lowest BCUT2D eigenvalue weighted by atomic mass is 10.2. The number of alkyl halides is 2. The quantitative estimate of drug-likeness (QED) is 0.746. The second-order valence-corrected chi connectivity index (χ2v) is 5.21. The molecule has 0 bridgehead atoms. The smallest absolute Gasteiger partial charge is 0.251 e. The maximum absolute atomic E-state index is 12.7. The van der Waals surface area contributed by atoms with Crippen LogP contribution in [0.15, 0.2) is 6.20 Å². The molecule has 1 aliphatic heterocycles. The van der Waals surface area contributed by atoms with E-state index in [9.17, 15) is 13.6 Å². The molecule has 9 heteroatoms. The number of ether oxygens (including phenoxy) is 1. The number of aromatic nitrogens is 3. The highest BCUT2D eigenvalue weighted by molar-refractivity contribution is 5.82.